The Hall–Kier alpha value is -2.63. The molecule has 0 fully saturated rings. The normalized spacial score (nSPS) is 10.4. The number of nitrogens with zero attached hydrogens (tertiary/aromatic N) is 2. The average molecular weight is 387 g/mol. The molecule has 1 amide bonds. The van der Waals surface area contributed by atoms with Crippen LogP contribution in [0, 0.1) is 6.92 Å². The van der Waals surface area contributed by atoms with Gasteiger partial charge in [0.05, 0.1) is 10.0 Å². The summed E-state index contributed by atoms with van der Waals surface area (Å²) in [6.07, 6.45) is 1.54. The number of amides is 1. The second kappa shape index (κ2) is 8.17. The lowest BCUT2D eigenvalue weighted by atomic mass is 10.1. The van der Waals surface area contributed by atoms with Crippen molar-refractivity contribution in [3.63, 3.8) is 0 Å². The third kappa shape index (κ3) is 4.71. The molecule has 0 aliphatic rings. The Kier molecular flexibility index (Phi) is 5.71. The molecule has 0 saturated heterocycles. The molecule has 1 heterocycles. The number of benzene rings is 2. The van der Waals surface area contributed by atoms with Crippen molar-refractivity contribution >= 4 is 40.7 Å². The lowest BCUT2D eigenvalue weighted by Crippen LogP contribution is -2.15. The van der Waals surface area contributed by atoms with Gasteiger partial charge in [0.1, 0.15) is 5.69 Å². The van der Waals surface area contributed by atoms with E-state index >= 15 is 0 Å². The van der Waals surface area contributed by atoms with Crippen LogP contribution >= 0.6 is 23.2 Å². The molecule has 1 aromatic heterocycles. The zero-order valence-corrected chi connectivity index (χ0v) is 15.5. The van der Waals surface area contributed by atoms with Gasteiger partial charge in [0.25, 0.3) is 5.91 Å². The fraction of sp³-hybridized carbons (Fsp3) is 0.105. The Morgan fingerprint density at radius 1 is 1.08 bits per heavy atom. The average Bonchev–Trinajstić information content (AvgIpc) is 2.63. The molecule has 0 spiro atoms. The zero-order valence-electron chi connectivity index (χ0n) is 14.0. The van der Waals surface area contributed by atoms with E-state index in [1.54, 1.807) is 24.3 Å². The summed E-state index contributed by atoms with van der Waals surface area (Å²) in [6, 6.07) is 14.5. The molecule has 7 heteroatoms. The van der Waals surface area contributed by atoms with Crippen LogP contribution in [0.1, 0.15) is 21.6 Å². The summed E-state index contributed by atoms with van der Waals surface area (Å²) in [7, 11) is 0. The first-order valence-electron chi connectivity index (χ1n) is 7.90. The standard InChI is InChI=1S/C19H16Cl2N4O/c1-12-3-2-4-13(9-12)11-23-19-22-8-7-17(25-19)18(26)24-14-5-6-15(20)16(21)10-14/h2-10H,11H2,1H3,(H,24,26)(H,22,23,25). The van der Waals surface area contributed by atoms with Gasteiger partial charge in [-0.1, -0.05) is 53.0 Å². The molecule has 0 atom stereocenters. The van der Waals surface area contributed by atoms with Crippen molar-refractivity contribution in [2.24, 2.45) is 0 Å². The predicted octanol–water partition coefficient (Wildman–Crippen LogP) is 4.96. The fourth-order valence-electron chi connectivity index (χ4n) is 2.34. The summed E-state index contributed by atoms with van der Waals surface area (Å²) < 4.78 is 0. The van der Waals surface area contributed by atoms with Gasteiger partial charge in [-0.3, -0.25) is 4.79 Å². The Bertz CT molecular complexity index is 946. The Morgan fingerprint density at radius 3 is 2.69 bits per heavy atom. The highest BCUT2D eigenvalue weighted by Gasteiger charge is 2.10. The third-order valence-corrected chi connectivity index (χ3v) is 4.34. The van der Waals surface area contributed by atoms with Gasteiger partial charge in [-0.25, -0.2) is 9.97 Å². The Labute approximate surface area is 161 Å². The van der Waals surface area contributed by atoms with Gasteiger partial charge in [-0.2, -0.15) is 0 Å². The molecule has 2 N–H and O–H groups in total. The lowest BCUT2D eigenvalue weighted by molar-refractivity contribution is 0.102. The van der Waals surface area contributed by atoms with Crippen molar-refractivity contribution in [2.45, 2.75) is 13.5 Å². The number of anilines is 2. The monoisotopic (exact) mass is 386 g/mol. The second-order valence-electron chi connectivity index (χ2n) is 5.69. The van der Waals surface area contributed by atoms with Crippen molar-refractivity contribution in [1.82, 2.24) is 9.97 Å². The molecule has 0 bridgehead atoms. The summed E-state index contributed by atoms with van der Waals surface area (Å²) in [5.41, 5.74) is 3.08. The number of nitrogens with one attached hydrogen (secondary N) is 2. The lowest BCUT2D eigenvalue weighted by Gasteiger charge is -2.08. The van der Waals surface area contributed by atoms with E-state index in [1.807, 2.05) is 25.1 Å². The quantitative estimate of drug-likeness (QED) is 0.650. The van der Waals surface area contributed by atoms with Crippen molar-refractivity contribution in [3.05, 3.63) is 81.6 Å². The summed E-state index contributed by atoms with van der Waals surface area (Å²) in [4.78, 5) is 20.8. The number of aromatic nitrogens is 2. The minimum absolute atomic E-state index is 0.248. The van der Waals surface area contributed by atoms with E-state index in [9.17, 15) is 4.79 Å². The number of aryl methyl sites for hydroxylation is 1. The van der Waals surface area contributed by atoms with E-state index in [0.717, 1.165) is 5.56 Å². The molecule has 0 aliphatic heterocycles. The summed E-state index contributed by atoms with van der Waals surface area (Å²) in [5, 5.41) is 6.65. The smallest absolute Gasteiger partial charge is 0.274 e. The van der Waals surface area contributed by atoms with E-state index in [2.05, 4.69) is 26.7 Å². The second-order valence-corrected chi connectivity index (χ2v) is 6.51. The maximum absolute atomic E-state index is 12.4. The first-order valence-corrected chi connectivity index (χ1v) is 8.66. The van der Waals surface area contributed by atoms with Crippen LogP contribution in [0.4, 0.5) is 11.6 Å². The highest BCUT2D eigenvalue weighted by atomic mass is 35.5. The van der Waals surface area contributed by atoms with Crippen molar-refractivity contribution in [1.29, 1.82) is 0 Å². The van der Waals surface area contributed by atoms with Gasteiger partial charge >= 0.3 is 0 Å². The van der Waals surface area contributed by atoms with Crippen LogP contribution in [0.25, 0.3) is 0 Å². The highest BCUT2D eigenvalue weighted by molar-refractivity contribution is 6.42. The van der Waals surface area contributed by atoms with Gasteiger partial charge in [-0.05, 0) is 36.8 Å². The summed E-state index contributed by atoms with van der Waals surface area (Å²) in [6.45, 7) is 2.60. The Balaban J connectivity index is 1.67. The molecule has 0 unspecified atom stereocenters. The van der Waals surface area contributed by atoms with Gasteiger partial charge < -0.3 is 10.6 Å². The van der Waals surface area contributed by atoms with Crippen LogP contribution in [-0.2, 0) is 6.54 Å². The third-order valence-electron chi connectivity index (χ3n) is 3.60. The van der Waals surface area contributed by atoms with Gasteiger partial charge in [0, 0.05) is 18.4 Å². The zero-order chi connectivity index (χ0) is 18.5. The van der Waals surface area contributed by atoms with E-state index in [1.165, 1.54) is 11.8 Å². The molecule has 0 aliphatic carbocycles. The molecular formula is C19H16Cl2N4O. The number of hydrogen-bond acceptors (Lipinski definition) is 4. The molecule has 2 aromatic carbocycles. The minimum atomic E-state index is -0.357. The fourth-order valence-corrected chi connectivity index (χ4v) is 2.64. The van der Waals surface area contributed by atoms with Gasteiger partial charge in [-0.15, -0.1) is 0 Å². The van der Waals surface area contributed by atoms with Crippen LogP contribution in [0.2, 0.25) is 10.0 Å². The van der Waals surface area contributed by atoms with Gasteiger partial charge in [0.2, 0.25) is 5.95 Å². The number of carbonyl (C=O) groups excluding carboxylic acids is 1. The maximum Gasteiger partial charge on any atom is 0.274 e. The number of carbonyl (C=O) groups is 1. The molecule has 3 aromatic rings. The first-order chi connectivity index (χ1) is 12.5. The minimum Gasteiger partial charge on any atom is -0.350 e. The molecular weight excluding hydrogens is 371 g/mol. The van der Waals surface area contributed by atoms with Crippen LogP contribution in [0.3, 0.4) is 0 Å². The van der Waals surface area contributed by atoms with Crippen LogP contribution < -0.4 is 10.6 Å². The van der Waals surface area contributed by atoms with Crippen LogP contribution in [-0.4, -0.2) is 15.9 Å². The van der Waals surface area contributed by atoms with Crippen molar-refractivity contribution in [3.8, 4) is 0 Å². The van der Waals surface area contributed by atoms with Crippen LogP contribution in [0.5, 0.6) is 0 Å². The first kappa shape index (κ1) is 18.2. The molecule has 0 saturated carbocycles. The summed E-state index contributed by atoms with van der Waals surface area (Å²) in [5.74, 6) is 0.0256. The van der Waals surface area contributed by atoms with E-state index in [0.29, 0.717) is 28.2 Å². The van der Waals surface area contributed by atoms with Crippen molar-refractivity contribution in [2.75, 3.05) is 10.6 Å². The Morgan fingerprint density at radius 2 is 1.92 bits per heavy atom. The van der Waals surface area contributed by atoms with Crippen LogP contribution in [0.15, 0.2) is 54.7 Å². The highest BCUT2D eigenvalue weighted by Crippen LogP contribution is 2.25. The van der Waals surface area contributed by atoms with Crippen molar-refractivity contribution < 1.29 is 4.79 Å². The molecule has 132 valence electrons. The SMILES string of the molecule is Cc1cccc(CNc2nccc(C(=O)Nc3ccc(Cl)c(Cl)c3)n2)c1. The maximum atomic E-state index is 12.4. The number of halogens is 2. The van der Waals surface area contributed by atoms with Gasteiger partial charge in [0.15, 0.2) is 0 Å². The van der Waals surface area contributed by atoms with E-state index < -0.39 is 0 Å². The number of hydrogen-bond donors (Lipinski definition) is 2. The topological polar surface area (TPSA) is 66.9 Å². The van der Waals surface area contributed by atoms with E-state index in [-0.39, 0.29) is 11.6 Å². The largest absolute Gasteiger partial charge is 0.350 e. The molecule has 5 nitrogen and oxygen atoms in total. The molecule has 0 radical (unpaired) electrons. The molecule has 26 heavy (non-hydrogen) atoms. The summed E-state index contributed by atoms with van der Waals surface area (Å²) >= 11 is 11.8. The number of rotatable bonds is 5. The molecule has 3 rings (SSSR count). The van der Waals surface area contributed by atoms with E-state index in [4.69, 9.17) is 23.2 Å². The predicted molar refractivity (Wildman–Crippen MR) is 105 cm³/mol.